The molecule has 0 unspecified atom stereocenters. The summed E-state index contributed by atoms with van der Waals surface area (Å²) in [6.45, 7) is 1.69. The quantitative estimate of drug-likeness (QED) is 0.779. The number of hydrogen-bond donors (Lipinski definition) is 2. The number of pyridine rings is 1. The lowest BCUT2D eigenvalue weighted by molar-refractivity contribution is 0.471. The number of nitrogens with one attached hydrogen (secondary N) is 1. The van der Waals surface area contributed by atoms with Gasteiger partial charge in [0.1, 0.15) is 5.75 Å². The molecule has 0 aliphatic heterocycles. The Morgan fingerprint density at radius 1 is 1.31 bits per heavy atom. The maximum absolute atomic E-state index is 9.07. The van der Waals surface area contributed by atoms with Crippen molar-refractivity contribution in [1.29, 1.82) is 0 Å². The summed E-state index contributed by atoms with van der Waals surface area (Å²) in [5.74, 6) is 0.210. The first-order valence-corrected chi connectivity index (χ1v) is 6.09. The molecule has 0 atom stereocenters. The predicted octanol–water partition coefficient (Wildman–Crippen LogP) is 2.18. The second-order valence-corrected chi connectivity index (χ2v) is 4.55. The molecule has 2 aromatic heterocycles. The largest absolute Gasteiger partial charge is 0.506 e. The molecule has 3 nitrogen and oxygen atoms in total. The average molecular weight is 234 g/mol. The number of nitrogens with zero attached hydrogens (tertiary/aromatic N) is 1. The minimum atomic E-state index is 0.210. The van der Waals surface area contributed by atoms with E-state index < -0.39 is 0 Å². The summed E-state index contributed by atoms with van der Waals surface area (Å²) in [6, 6.07) is 7.70. The molecule has 0 aliphatic rings. The van der Waals surface area contributed by atoms with E-state index in [1.165, 1.54) is 11.1 Å². The summed E-state index contributed by atoms with van der Waals surface area (Å²) >= 11 is 1.78. The van der Waals surface area contributed by atoms with Gasteiger partial charge in [-0.2, -0.15) is 0 Å². The Balaban J connectivity index is 1.70. The van der Waals surface area contributed by atoms with Crippen LogP contribution in [0.5, 0.6) is 5.75 Å². The summed E-state index contributed by atoms with van der Waals surface area (Å²) in [4.78, 5) is 5.50. The van der Waals surface area contributed by atoms with Gasteiger partial charge in [-0.15, -0.1) is 11.3 Å². The molecule has 4 heteroatoms. The minimum absolute atomic E-state index is 0.210. The van der Waals surface area contributed by atoms with Crippen molar-refractivity contribution in [2.24, 2.45) is 0 Å². The van der Waals surface area contributed by atoms with E-state index in [0.29, 0.717) is 0 Å². The van der Waals surface area contributed by atoms with Gasteiger partial charge in [0.2, 0.25) is 0 Å². The normalized spacial score (nSPS) is 10.5. The number of aromatic hydroxyl groups is 1. The highest BCUT2D eigenvalue weighted by Gasteiger charge is 1.96. The molecule has 2 aromatic rings. The Morgan fingerprint density at radius 3 is 2.94 bits per heavy atom. The molecule has 0 bridgehead atoms. The fraction of sp³-hybridized carbons (Fsp3) is 0.250. The second kappa shape index (κ2) is 5.63. The second-order valence-electron chi connectivity index (χ2n) is 3.51. The fourth-order valence-corrected chi connectivity index (χ4v) is 2.11. The number of hydrogen-bond acceptors (Lipinski definition) is 4. The Kier molecular flexibility index (Phi) is 3.91. The number of rotatable bonds is 5. The van der Waals surface area contributed by atoms with Gasteiger partial charge in [0, 0.05) is 18.0 Å². The highest BCUT2D eigenvalue weighted by atomic mass is 32.1. The molecule has 16 heavy (non-hydrogen) atoms. The van der Waals surface area contributed by atoms with Gasteiger partial charge < -0.3 is 10.4 Å². The maximum atomic E-state index is 9.07. The summed E-state index contributed by atoms with van der Waals surface area (Å²) in [5, 5.41) is 14.5. The van der Waals surface area contributed by atoms with Crippen LogP contribution in [0.25, 0.3) is 0 Å². The van der Waals surface area contributed by atoms with Gasteiger partial charge in [-0.25, -0.2) is 0 Å². The summed E-state index contributed by atoms with van der Waals surface area (Å²) in [6.07, 6.45) is 2.52. The Labute approximate surface area is 98.8 Å². The van der Waals surface area contributed by atoms with E-state index in [1.54, 1.807) is 17.4 Å². The van der Waals surface area contributed by atoms with E-state index in [2.05, 4.69) is 27.8 Å². The van der Waals surface area contributed by atoms with E-state index in [1.807, 2.05) is 6.07 Å². The lowest BCUT2D eigenvalue weighted by Gasteiger charge is -2.03. The molecule has 0 aromatic carbocycles. The third-order valence-corrected chi connectivity index (χ3v) is 3.18. The molecule has 0 aliphatic carbocycles. The van der Waals surface area contributed by atoms with Gasteiger partial charge in [0.15, 0.2) is 0 Å². The summed E-state index contributed by atoms with van der Waals surface area (Å²) in [5.41, 5.74) is 0.948. The SMILES string of the molecule is Oc1ccc(CNCCc2cccs2)nc1. The van der Waals surface area contributed by atoms with Crippen molar-refractivity contribution in [3.05, 3.63) is 46.4 Å². The number of aromatic nitrogens is 1. The zero-order chi connectivity index (χ0) is 11.2. The van der Waals surface area contributed by atoms with Crippen LogP contribution >= 0.6 is 11.3 Å². The molecule has 2 N–H and O–H groups in total. The maximum Gasteiger partial charge on any atom is 0.133 e. The Morgan fingerprint density at radius 2 is 2.25 bits per heavy atom. The van der Waals surface area contributed by atoms with Crippen LogP contribution in [-0.2, 0) is 13.0 Å². The van der Waals surface area contributed by atoms with Gasteiger partial charge in [-0.3, -0.25) is 4.98 Å². The first kappa shape index (κ1) is 11.1. The van der Waals surface area contributed by atoms with E-state index >= 15 is 0 Å². The van der Waals surface area contributed by atoms with Crippen molar-refractivity contribution in [1.82, 2.24) is 10.3 Å². The first-order chi connectivity index (χ1) is 7.84. The monoisotopic (exact) mass is 234 g/mol. The predicted molar refractivity (Wildman–Crippen MR) is 65.6 cm³/mol. The molecule has 2 rings (SSSR count). The van der Waals surface area contributed by atoms with Crippen LogP contribution in [0.2, 0.25) is 0 Å². The average Bonchev–Trinajstić information content (AvgIpc) is 2.80. The van der Waals surface area contributed by atoms with Gasteiger partial charge >= 0.3 is 0 Å². The summed E-state index contributed by atoms with van der Waals surface area (Å²) < 4.78 is 0. The smallest absolute Gasteiger partial charge is 0.133 e. The molecule has 0 saturated heterocycles. The zero-order valence-electron chi connectivity index (χ0n) is 8.89. The third-order valence-electron chi connectivity index (χ3n) is 2.24. The molecule has 84 valence electrons. The van der Waals surface area contributed by atoms with Crippen LogP contribution in [0.1, 0.15) is 10.6 Å². The van der Waals surface area contributed by atoms with E-state index in [0.717, 1.165) is 25.2 Å². The molecular formula is C12H14N2OS. The Hall–Kier alpha value is -1.39. The van der Waals surface area contributed by atoms with Crippen LogP contribution in [-0.4, -0.2) is 16.6 Å². The zero-order valence-corrected chi connectivity index (χ0v) is 9.70. The van der Waals surface area contributed by atoms with Crippen molar-refractivity contribution < 1.29 is 5.11 Å². The van der Waals surface area contributed by atoms with Gasteiger partial charge in [-0.1, -0.05) is 6.07 Å². The molecular weight excluding hydrogens is 220 g/mol. The van der Waals surface area contributed by atoms with Crippen molar-refractivity contribution >= 4 is 11.3 Å². The number of thiophene rings is 1. The lowest BCUT2D eigenvalue weighted by atomic mass is 10.3. The highest BCUT2D eigenvalue weighted by Crippen LogP contribution is 2.08. The van der Waals surface area contributed by atoms with Gasteiger partial charge in [-0.05, 0) is 30.0 Å². The highest BCUT2D eigenvalue weighted by molar-refractivity contribution is 7.09. The van der Waals surface area contributed by atoms with Crippen LogP contribution in [0.4, 0.5) is 0 Å². The molecule has 0 fully saturated rings. The minimum Gasteiger partial charge on any atom is -0.506 e. The van der Waals surface area contributed by atoms with Crippen LogP contribution in [0, 0.1) is 0 Å². The topological polar surface area (TPSA) is 45.1 Å². The van der Waals surface area contributed by atoms with E-state index in [4.69, 9.17) is 5.11 Å². The van der Waals surface area contributed by atoms with Gasteiger partial charge in [0.05, 0.1) is 11.9 Å². The van der Waals surface area contributed by atoms with E-state index in [9.17, 15) is 0 Å². The lowest BCUT2D eigenvalue weighted by Crippen LogP contribution is -2.16. The van der Waals surface area contributed by atoms with Crippen LogP contribution in [0.3, 0.4) is 0 Å². The fourth-order valence-electron chi connectivity index (χ4n) is 1.40. The third kappa shape index (κ3) is 3.32. The van der Waals surface area contributed by atoms with Gasteiger partial charge in [0.25, 0.3) is 0 Å². The van der Waals surface area contributed by atoms with Crippen molar-refractivity contribution in [2.75, 3.05) is 6.54 Å². The van der Waals surface area contributed by atoms with Crippen molar-refractivity contribution in [3.8, 4) is 5.75 Å². The standard InChI is InChI=1S/C12H14N2OS/c15-11-4-3-10(14-9-11)8-13-6-5-12-2-1-7-16-12/h1-4,7,9,13,15H,5-6,8H2. The van der Waals surface area contributed by atoms with Crippen molar-refractivity contribution in [3.63, 3.8) is 0 Å². The Bertz CT molecular complexity index is 411. The molecule has 0 spiro atoms. The molecule has 0 amide bonds. The molecule has 2 heterocycles. The van der Waals surface area contributed by atoms with E-state index in [-0.39, 0.29) is 5.75 Å². The molecule has 0 radical (unpaired) electrons. The van der Waals surface area contributed by atoms with Crippen LogP contribution < -0.4 is 5.32 Å². The summed E-state index contributed by atoms with van der Waals surface area (Å²) in [7, 11) is 0. The van der Waals surface area contributed by atoms with Crippen LogP contribution in [0.15, 0.2) is 35.8 Å². The molecule has 0 saturated carbocycles. The first-order valence-electron chi connectivity index (χ1n) is 5.21. The van der Waals surface area contributed by atoms with Crippen molar-refractivity contribution in [2.45, 2.75) is 13.0 Å².